The Kier molecular flexibility index (Phi) is 8.71. The minimum atomic E-state index is 0. The number of aryl methyl sites for hydroxylation is 1. The summed E-state index contributed by atoms with van der Waals surface area (Å²) in [6, 6.07) is 6.15. The fraction of sp³-hybridized carbons (Fsp3) is 0.533. The van der Waals surface area contributed by atoms with Crippen LogP contribution in [0.15, 0.2) is 27.6 Å². The van der Waals surface area contributed by atoms with Crippen molar-refractivity contribution in [1.82, 2.24) is 10.6 Å². The summed E-state index contributed by atoms with van der Waals surface area (Å²) in [5, 5.41) is 6.36. The van der Waals surface area contributed by atoms with E-state index in [9.17, 15) is 4.79 Å². The molecule has 1 aliphatic heterocycles. The summed E-state index contributed by atoms with van der Waals surface area (Å²) in [6.45, 7) is 5.09. The highest BCUT2D eigenvalue weighted by Crippen LogP contribution is 2.25. The van der Waals surface area contributed by atoms with Crippen molar-refractivity contribution < 1.29 is 4.79 Å². The van der Waals surface area contributed by atoms with E-state index in [2.05, 4.69) is 45.6 Å². The van der Waals surface area contributed by atoms with E-state index < -0.39 is 0 Å². The van der Waals surface area contributed by atoms with E-state index >= 15 is 0 Å². The van der Waals surface area contributed by atoms with Crippen molar-refractivity contribution in [2.24, 2.45) is 5.92 Å². The number of hydrogen-bond donors (Lipinski definition) is 2. The molecule has 21 heavy (non-hydrogen) atoms. The quantitative estimate of drug-likeness (QED) is 0.728. The number of benzene rings is 1. The third-order valence-electron chi connectivity index (χ3n) is 3.53. The predicted octanol–water partition coefficient (Wildman–Crippen LogP) is 3.39. The van der Waals surface area contributed by atoms with Crippen LogP contribution in [0, 0.1) is 12.8 Å². The molecule has 1 atom stereocenters. The number of carbonyl (C=O) groups is 1. The van der Waals surface area contributed by atoms with Gasteiger partial charge in [-0.3, -0.25) is 4.79 Å². The zero-order valence-corrected chi connectivity index (χ0v) is 15.4. The Labute approximate surface area is 145 Å². The van der Waals surface area contributed by atoms with Gasteiger partial charge in [-0.2, -0.15) is 0 Å². The Balaban J connectivity index is 0.00000220. The van der Waals surface area contributed by atoms with E-state index in [0.717, 1.165) is 36.4 Å². The summed E-state index contributed by atoms with van der Waals surface area (Å²) in [5.74, 6) is 1.35. The van der Waals surface area contributed by atoms with E-state index in [0.29, 0.717) is 5.75 Å². The molecule has 0 radical (unpaired) electrons. The Bertz CT molecular complexity index is 467. The molecule has 2 rings (SSSR count). The first-order valence-corrected chi connectivity index (χ1v) is 8.79. The van der Waals surface area contributed by atoms with Crippen molar-refractivity contribution in [3.8, 4) is 0 Å². The van der Waals surface area contributed by atoms with Crippen molar-refractivity contribution in [3.63, 3.8) is 0 Å². The average molecular weight is 394 g/mol. The number of carbonyl (C=O) groups excluding carboxylic acids is 1. The first-order chi connectivity index (χ1) is 9.65. The summed E-state index contributed by atoms with van der Waals surface area (Å²) < 4.78 is 1.08. The third kappa shape index (κ3) is 6.59. The van der Waals surface area contributed by atoms with Crippen molar-refractivity contribution in [2.45, 2.75) is 24.7 Å². The summed E-state index contributed by atoms with van der Waals surface area (Å²) in [4.78, 5) is 13.0. The van der Waals surface area contributed by atoms with Crippen LogP contribution in [0.1, 0.15) is 18.4 Å². The molecular weight excluding hydrogens is 372 g/mol. The molecular formula is C15H22BrClN2OS. The summed E-state index contributed by atoms with van der Waals surface area (Å²) in [7, 11) is 0. The molecule has 0 bridgehead atoms. The van der Waals surface area contributed by atoms with Crippen LogP contribution >= 0.6 is 40.1 Å². The molecule has 118 valence electrons. The molecule has 6 heteroatoms. The Morgan fingerprint density at radius 3 is 3.00 bits per heavy atom. The standard InChI is InChI=1S/C15H21BrN2OS.ClH/c1-11-8-13(16)2-3-14(11)20-10-15(19)18-7-5-12-4-6-17-9-12;/h2-3,8,12,17H,4-7,9-10H2,1H3,(H,18,19);1H. The van der Waals surface area contributed by atoms with Gasteiger partial charge in [0.1, 0.15) is 0 Å². The molecule has 1 fully saturated rings. The molecule has 1 saturated heterocycles. The maximum atomic E-state index is 11.8. The molecule has 1 unspecified atom stereocenters. The number of amides is 1. The normalized spacial score (nSPS) is 17.3. The number of rotatable bonds is 6. The van der Waals surface area contributed by atoms with Crippen LogP contribution in [0.4, 0.5) is 0 Å². The number of halogens is 2. The van der Waals surface area contributed by atoms with Gasteiger partial charge in [-0.15, -0.1) is 24.2 Å². The van der Waals surface area contributed by atoms with Crippen molar-refractivity contribution in [2.75, 3.05) is 25.4 Å². The van der Waals surface area contributed by atoms with Gasteiger partial charge in [-0.1, -0.05) is 15.9 Å². The van der Waals surface area contributed by atoms with E-state index in [-0.39, 0.29) is 18.3 Å². The molecule has 1 aromatic carbocycles. The van der Waals surface area contributed by atoms with Crippen LogP contribution in [-0.4, -0.2) is 31.3 Å². The van der Waals surface area contributed by atoms with E-state index in [1.807, 2.05) is 6.07 Å². The minimum Gasteiger partial charge on any atom is -0.355 e. The lowest BCUT2D eigenvalue weighted by molar-refractivity contribution is -0.118. The summed E-state index contributed by atoms with van der Waals surface area (Å²) in [6.07, 6.45) is 2.32. The second kappa shape index (κ2) is 9.72. The minimum absolute atomic E-state index is 0. The Hall–Kier alpha value is -0.230. The molecule has 1 amide bonds. The van der Waals surface area contributed by atoms with Gasteiger partial charge in [-0.05, 0) is 62.5 Å². The SMILES string of the molecule is Cc1cc(Br)ccc1SCC(=O)NCCC1CCNC1.Cl. The molecule has 3 nitrogen and oxygen atoms in total. The van der Waals surface area contributed by atoms with Gasteiger partial charge in [-0.25, -0.2) is 0 Å². The lowest BCUT2D eigenvalue weighted by Crippen LogP contribution is -2.27. The number of nitrogens with one attached hydrogen (secondary N) is 2. The number of hydrogen-bond acceptors (Lipinski definition) is 3. The fourth-order valence-electron chi connectivity index (χ4n) is 2.35. The van der Waals surface area contributed by atoms with Crippen LogP contribution in [-0.2, 0) is 4.79 Å². The lowest BCUT2D eigenvalue weighted by Gasteiger charge is -2.10. The smallest absolute Gasteiger partial charge is 0.230 e. The topological polar surface area (TPSA) is 41.1 Å². The van der Waals surface area contributed by atoms with Crippen LogP contribution in [0.5, 0.6) is 0 Å². The van der Waals surface area contributed by atoms with E-state index in [1.54, 1.807) is 11.8 Å². The van der Waals surface area contributed by atoms with Crippen molar-refractivity contribution >= 4 is 46.0 Å². The third-order valence-corrected chi connectivity index (χ3v) is 5.20. The predicted molar refractivity (Wildman–Crippen MR) is 95.5 cm³/mol. The van der Waals surface area contributed by atoms with E-state index in [1.165, 1.54) is 16.9 Å². The van der Waals surface area contributed by atoms with Crippen LogP contribution < -0.4 is 10.6 Å². The van der Waals surface area contributed by atoms with Gasteiger partial charge in [0, 0.05) is 15.9 Å². The molecule has 0 aliphatic carbocycles. The zero-order chi connectivity index (χ0) is 14.4. The first-order valence-electron chi connectivity index (χ1n) is 7.01. The molecule has 1 aromatic rings. The molecule has 1 aliphatic rings. The Morgan fingerprint density at radius 2 is 2.33 bits per heavy atom. The highest BCUT2D eigenvalue weighted by Gasteiger charge is 2.14. The molecule has 0 spiro atoms. The number of thioether (sulfide) groups is 1. The van der Waals surface area contributed by atoms with Gasteiger partial charge >= 0.3 is 0 Å². The largest absolute Gasteiger partial charge is 0.355 e. The maximum Gasteiger partial charge on any atom is 0.230 e. The highest BCUT2D eigenvalue weighted by molar-refractivity contribution is 9.10. The first kappa shape index (κ1) is 18.8. The second-order valence-corrected chi connectivity index (χ2v) is 7.13. The van der Waals surface area contributed by atoms with Gasteiger partial charge < -0.3 is 10.6 Å². The Morgan fingerprint density at radius 1 is 1.52 bits per heavy atom. The average Bonchev–Trinajstić information content (AvgIpc) is 2.91. The molecule has 2 N–H and O–H groups in total. The molecule has 1 heterocycles. The lowest BCUT2D eigenvalue weighted by atomic mass is 10.1. The maximum absolute atomic E-state index is 11.8. The van der Waals surface area contributed by atoms with Crippen LogP contribution in [0.25, 0.3) is 0 Å². The second-order valence-electron chi connectivity index (χ2n) is 5.20. The van der Waals surface area contributed by atoms with Crippen LogP contribution in [0.3, 0.4) is 0 Å². The van der Waals surface area contributed by atoms with Gasteiger partial charge in [0.2, 0.25) is 5.91 Å². The van der Waals surface area contributed by atoms with Gasteiger partial charge in [0.25, 0.3) is 0 Å². The van der Waals surface area contributed by atoms with Crippen molar-refractivity contribution in [3.05, 3.63) is 28.2 Å². The van der Waals surface area contributed by atoms with Gasteiger partial charge in [0.05, 0.1) is 5.75 Å². The monoisotopic (exact) mass is 392 g/mol. The molecule has 0 aromatic heterocycles. The van der Waals surface area contributed by atoms with Crippen molar-refractivity contribution in [1.29, 1.82) is 0 Å². The van der Waals surface area contributed by atoms with Gasteiger partial charge in [0.15, 0.2) is 0 Å². The fourth-order valence-corrected chi connectivity index (χ4v) is 3.66. The highest BCUT2D eigenvalue weighted by atomic mass is 79.9. The summed E-state index contributed by atoms with van der Waals surface area (Å²) >= 11 is 5.05. The summed E-state index contributed by atoms with van der Waals surface area (Å²) in [5.41, 5.74) is 1.20. The zero-order valence-electron chi connectivity index (χ0n) is 12.2. The van der Waals surface area contributed by atoms with Crippen LogP contribution in [0.2, 0.25) is 0 Å². The van der Waals surface area contributed by atoms with E-state index in [4.69, 9.17) is 0 Å². The molecule has 0 saturated carbocycles.